The molecule has 0 radical (unpaired) electrons. The molecule has 0 aromatic rings. The number of rotatable bonds is 3. The van der Waals surface area contributed by atoms with E-state index in [4.69, 9.17) is 9.47 Å². The van der Waals surface area contributed by atoms with Crippen molar-refractivity contribution in [1.29, 1.82) is 0 Å². The van der Waals surface area contributed by atoms with E-state index in [1.165, 1.54) is 32.1 Å². The van der Waals surface area contributed by atoms with Gasteiger partial charge in [-0.05, 0) is 25.7 Å². The number of carbonyl (C=O) groups is 1. The summed E-state index contributed by atoms with van der Waals surface area (Å²) in [7, 11) is 0. The van der Waals surface area contributed by atoms with Crippen molar-refractivity contribution in [3.63, 3.8) is 0 Å². The van der Waals surface area contributed by atoms with Gasteiger partial charge < -0.3 is 20.1 Å². The Kier molecular flexibility index (Phi) is 4.46. The fourth-order valence-corrected chi connectivity index (χ4v) is 3.58. The topological polar surface area (TPSA) is 59.6 Å². The first-order valence-electron chi connectivity index (χ1n) is 8.12. The molecule has 114 valence electrons. The standard InChI is InChI=1S/C15H26N2O3/c18-14(17-12-6-2-1-3-7-12)16-10-13-11-19-15(20-13)8-4-5-9-15/h12-13H,1-11H2,(H2,16,17,18)/t13-/m0/s1. The number of hydrogen-bond acceptors (Lipinski definition) is 3. The molecule has 0 bridgehead atoms. The van der Waals surface area contributed by atoms with E-state index < -0.39 is 0 Å². The van der Waals surface area contributed by atoms with Crippen LogP contribution in [0, 0.1) is 0 Å². The molecule has 1 atom stereocenters. The summed E-state index contributed by atoms with van der Waals surface area (Å²) in [5.41, 5.74) is 0. The zero-order valence-electron chi connectivity index (χ0n) is 12.2. The molecule has 1 spiro atoms. The normalized spacial score (nSPS) is 29.7. The van der Waals surface area contributed by atoms with E-state index in [-0.39, 0.29) is 17.9 Å². The van der Waals surface area contributed by atoms with Crippen LogP contribution < -0.4 is 10.6 Å². The van der Waals surface area contributed by atoms with E-state index in [0.717, 1.165) is 25.7 Å². The van der Waals surface area contributed by atoms with Crippen LogP contribution in [-0.4, -0.2) is 37.1 Å². The molecule has 0 unspecified atom stereocenters. The van der Waals surface area contributed by atoms with Crippen LogP contribution in [-0.2, 0) is 9.47 Å². The predicted molar refractivity (Wildman–Crippen MR) is 75.4 cm³/mol. The highest BCUT2D eigenvalue weighted by atomic mass is 16.7. The van der Waals surface area contributed by atoms with Crippen molar-refractivity contribution in [2.75, 3.05) is 13.2 Å². The van der Waals surface area contributed by atoms with Crippen molar-refractivity contribution in [3.8, 4) is 0 Å². The summed E-state index contributed by atoms with van der Waals surface area (Å²) >= 11 is 0. The Morgan fingerprint density at radius 1 is 1.10 bits per heavy atom. The summed E-state index contributed by atoms with van der Waals surface area (Å²) in [6, 6.07) is 0.290. The lowest BCUT2D eigenvalue weighted by atomic mass is 9.96. The largest absolute Gasteiger partial charge is 0.347 e. The molecule has 2 amide bonds. The van der Waals surface area contributed by atoms with Crippen LogP contribution in [0.3, 0.4) is 0 Å². The zero-order valence-corrected chi connectivity index (χ0v) is 12.2. The zero-order chi connectivity index (χ0) is 13.8. The molecule has 5 nitrogen and oxygen atoms in total. The lowest BCUT2D eigenvalue weighted by Crippen LogP contribution is -2.45. The molecule has 1 aliphatic heterocycles. The summed E-state index contributed by atoms with van der Waals surface area (Å²) in [6.45, 7) is 1.14. The van der Waals surface area contributed by atoms with Crippen LogP contribution in [0.5, 0.6) is 0 Å². The van der Waals surface area contributed by atoms with Crippen molar-refractivity contribution in [2.24, 2.45) is 0 Å². The van der Waals surface area contributed by atoms with E-state index in [1.807, 2.05) is 0 Å². The van der Waals surface area contributed by atoms with Gasteiger partial charge >= 0.3 is 6.03 Å². The van der Waals surface area contributed by atoms with Crippen LogP contribution in [0.1, 0.15) is 57.8 Å². The van der Waals surface area contributed by atoms with Crippen LogP contribution >= 0.6 is 0 Å². The minimum atomic E-state index is -0.327. The molecule has 1 saturated heterocycles. The molecule has 3 rings (SSSR count). The summed E-state index contributed by atoms with van der Waals surface area (Å²) in [5.74, 6) is -0.327. The third-order valence-corrected chi connectivity index (χ3v) is 4.71. The van der Waals surface area contributed by atoms with Gasteiger partial charge in [0.1, 0.15) is 6.10 Å². The molecule has 3 aliphatic rings. The Labute approximate surface area is 120 Å². The number of urea groups is 1. The van der Waals surface area contributed by atoms with E-state index in [1.54, 1.807) is 0 Å². The SMILES string of the molecule is O=C(NC[C@H]1COC2(CCCC2)O1)NC1CCCCC1. The Balaban J connectivity index is 1.35. The van der Waals surface area contributed by atoms with Gasteiger partial charge in [-0.3, -0.25) is 0 Å². The van der Waals surface area contributed by atoms with E-state index in [9.17, 15) is 4.79 Å². The van der Waals surface area contributed by atoms with Crippen molar-refractivity contribution in [1.82, 2.24) is 10.6 Å². The average Bonchev–Trinajstić information content (AvgIpc) is 3.08. The number of amides is 2. The molecule has 5 heteroatoms. The van der Waals surface area contributed by atoms with Crippen LogP contribution in [0.4, 0.5) is 4.79 Å². The van der Waals surface area contributed by atoms with Gasteiger partial charge in [0.05, 0.1) is 6.61 Å². The van der Waals surface area contributed by atoms with Gasteiger partial charge in [0.2, 0.25) is 0 Å². The van der Waals surface area contributed by atoms with E-state index >= 15 is 0 Å². The molecule has 3 fully saturated rings. The van der Waals surface area contributed by atoms with E-state index in [0.29, 0.717) is 19.2 Å². The molecule has 2 saturated carbocycles. The van der Waals surface area contributed by atoms with Crippen molar-refractivity contribution >= 4 is 6.03 Å². The monoisotopic (exact) mass is 282 g/mol. The predicted octanol–water partition coefficient (Wildman–Crippen LogP) is 2.30. The van der Waals surface area contributed by atoms with Gasteiger partial charge in [-0.1, -0.05) is 19.3 Å². The van der Waals surface area contributed by atoms with Gasteiger partial charge in [0, 0.05) is 25.4 Å². The lowest BCUT2D eigenvalue weighted by molar-refractivity contribution is -0.160. The Morgan fingerprint density at radius 3 is 2.60 bits per heavy atom. The summed E-state index contributed by atoms with van der Waals surface area (Å²) in [6.07, 6.45) is 10.3. The van der Waals surface area contributed by atoms with Gasteiger partial charge in [-0.2, -0.15) is 0 Å². The molecule has 0 aromatic heterocycles. The molecular formula is C15H26N2O3. The maximum Gasteiger partial charge on any atom is 0.315 e. The lowest BCUT2D eigenvalue weighted by Gasteiger charge is -2.24. The molecule has 0 aromatic carbocycles. The smallest absolute Gasteiger partial charge is 0.315 e. The minimum absolute atomic E-state index is 0.00482. The second-order valence-electron chi connectivity index (χ2n) is 6.36. The van der Waals surface area contributed by atoms with Crippen LogP contribution in [0.15, 0.2) is 0 Å². The number of carbonyl (C=O) groups excluding carboxylic acids is 1. The second-order valence-corrected chi connectivity index (χ2v) is 6.36. The highest BCUT2D eigenvalue weighted by Gasteiger charge is 2.43. The Morgan fingerprint density at radius 2 is 1.85 bits per heavy atom. The Bertz CT molecular complexity index is 336. The fourth-order valence-electron chi connectivity index (χ4n) is 3.58. The molecule has 2 aliphatic carbocycles. The van der Waals surface area contributed by atoms with Gasteiger partial charge in [0.15, 0.2) is 5.79 Å². The highest BCUT2D eigenvalue weighted by Crippen LogP contribution is 2.38. The first kappa shape index (κ1) is 14.1. The van der Waals surface area contributed by atoms with Gasteiger partial charge in [-0.25, -0.2) is 4.79 Å². The van der Waals surface area contributed by atoms with Crippen molar-refractivity contribution in [2.45, 2.75) is 75.7 Å². The fraction of sp³-hybridized carbons (Fsp3) is 0.933. The van der Waals surface area contributed by atoms with Crippen LogP contribution in [0.2, 0.25) is 0 Å². The molecular weight excluding hydrogens is 256 g/mol. The van der Waals surface area contributed by atoms with Gasteiger partial charge in [0.25, 0.3) is 0 Å². The number of nitrogens with one attached hydrogen (secondary N) is 2. The summed E-state index contributed by atoms with van der Waals surface area (Å²) in [5, 5.41) is 5.98. The average molecular weight is 282 g/mol. The minimum Gasteiger partial charge on any atom is -0.347 e. The third kappa shape index (κ3) is 3.44. The molecule has 20 heavy (non-hydrogen) atoms. The molecule has 1 heterocycles. The van der Waals surface area contributed by atoms with Crippen molar-refractivity contribution in [3.05, 3.63) is 0 Å². The van der Waals surface area contributed by atoms with Gasteiger partial charge in [-0.15, -0.1) is 0 Å². The summed E-state index contributed by atoms with van der Waals surface area (Å²) in [4.78, 5) is 11.9. The maximum absolute atomic E-state index is 11.9. The quantitative estimate of drug-likeness (QED) is 0.835. The second kappa shape index (κ2) is 6.31. The third-order valence-electron chi connectivity index (χ3n) is 4.71. The first-order valence-corrected chi connectivity index (χ1v) is 8.12. The Hall–Kier alpha value is -0.810. The number of hydrogen-bond donors (Lipinski definition) is 2. The van der Waals surface area contributed by atoms with Crippen molar-refractivity contribution < 1.29 is 14.3 Å². The van der Waals surface area contributed by atoms with Crippen LogP contribution in [0.25, 0.3) is 0 Å². The summed E-state index contributed by atoms with van der Waals surface area (Å²) < 4.78 is 11.8. The first-order chi connectivity index (χ1) is 9.76. The number of ether oxygens (including phenoxy) is 2. The highest BCUT2D eigenvalue weighted by molar-refractivity contribution is 5.74. The van der Waals surface area contributed by atoms with E-state index in [2.05, 4.69) is 10.6 Å². The maximum atomic E-state index is 11.9. The molecule has 2 N–H and O–H groups in total.